The molecule has 1 rings (SSSR count). The highest BCUT2D eigenvalue weighted by Crippen LogP contribution is 2.48. The number of alkyl halides is 3. The molecule has 17 heavy (non-hydrogen) atoms. The van der Waals surface area contributed by atoms with Gasteiger partial charge in [-0.05, 0) is 19.8 Å². The number of carbonyl (C=O) groups is 2. The van der Waals surface area contributed by atoms with Crippen molar-refractivity contribution < 1.29 is 27.9 Å². The number of carbonyl (C=O) groups excluding carboxylic acids is 1. The monoisotopic (exact) mass is 254 g/mol. The summed E-state index contributed by atoms with van der Waals surface area (Å²) in [5.41, 5.74) is -2.16. The van der Waals surface area contributed by atoms with Crippen LogP contribution < -0.4 is 5.32 Å². The number of likely N-dealkylation sites (N-methyl/N-ethyl adjacent to an activating group) is 1. The van der Waals surface area contributed by atoms with E-state index in [-0.39, 0.29) is 19.4 Å². The Hall–Kier alpha value is -1.47. The zero-order valence-corrected chi connectivity index (χ0v) is 9.17. The van der Waals surface area contributed by atoms with Gasteiger partial charge in [-0.1, -0.05) is 0 Å². The topological polar surface area (TPSA) is 69.6 Å². The molecule has 0 aromatic heterocycles. The zero-order valence-electron chi connectivity index (χ0n) is 9.17. The normalized spacial score (nSPS) is 17.4. The summed E-state index contributed by atoms with van der Waals surface area (Å²) >= 11 is 0. The highest BCUT2D eigenvalue weighted by Gasteiger charge is 2.64. The van der Waals surface area contributed by atoms with Crippen LogP contribution >= 0.6 is 0 Å². The molecule has 0 heterocycles. The van der Waals surface area contributed by atoms with Crippen LogP contribution in [0.5, 0.6) is 0 Å². The van der Waals surface area contributed by atoms with E-state index in [1.54, 1.807) is 0 Å². The van der Waals surface area contributed by atoms with Crippen molar-refractivity contribution in [2.75, 3.05) is 13.1 Å². The number of hydrogen-bond donors (Lipinski definition) is 2. The van der Waals surface area contributed by atoms with Gasteiger partial charge in [0.2, 0.25) is 0 Å². The minimum Gasteiger partial charge on any atom is -0.480 e. The molecule has 8 heteroatoms. The number of aliphatic carboxylic acids is 1. The van der Waals surface area contributed by atoms with Crippen molar-refractivity contribution in [3.8, 4) is 0 Å². The summed E-state index contributed by atoms with van der Waals surface area (Å²) in [5, 5.41) is 10.4. The molecule has 0 spiro atoms. The van der Waals surface area contributed by atoms with E-state index in [0.29, 0.717) is 0 Å². The molecule has 5 nitrogen and oxygen atoms in total. The number of carboxylic acids is 1. The minimum atomic E-state index is -4.49. The van der Waals surface area contributed by atoms with Crippen molar-refractivity contribution >= 4 is 12.0 Å². The number of nitrogens with zero attached hydrogens (tertiary/aromatic N) is 1. The summed E-state index contributed by atoms with van der Waals surface area (Å²) < 4.78 is 37.6. The summed E-state index contributed by atoms with van der Waals surface area (Å²) in [6, 6.07) is -0.996. The van der Waals surface area contributed by atoms with E-state index >= 15 is 0 Å². The predicted molar refractivity (Wildman–Crippen MR) is 51.4 cm³/mol. The number of rotatable bonds is 4. The SMILES string of the molecule is CCN(CC(=O)O)C(=O)NC1(C(F)(F)F)CC1. The molecule has 1 fully saturated rings. The van der Waals surface area contributed by atoms with E-state index < -0.39 is 30.3 Å². The first-order valence-electron chi connectivity index (χ1n) is 5.07. The fourth-order valence-corrected chi connectivity index (χ4v) is 1.38. The summed E-state index contributed by atoms with van der Waals surface area (Å²) in [7, 11) is 0. The van der Waals surface area contributed by atoms with Crippen LogP contribution in [-0.2, 0) is 4.79 Å². The van der Waals surface area contributed by atoms with Crippen LogP contribution in [0.1, 0.15) is 19.8 Å². The van der Waals surface area contributed by atoms with Gasteiger partial charge in [0.05, 0.1) is 0 Å². The van der Waals surface area contributed by atoms with Crippen molar-refractivity contribution in [1.82, 2.24) is 10.2 Å². The molecular weight excluding hydrogens is 241 g/mol. The van der Waals surface area contributed by atoms with E-state index in [2.05, 4.69) is 0 Å². The molecule has 0 atom stereocenters. The maximum absolute atomic E-state index is 12.5. The standard InChI is InChI=1S/C9H13F3N2O3/c1-2-14(5-6(15)16)7(17)13-8(3-4-8)9(10,11)12/h2-5H2,1H3,(H,13,17)(H,15,16). The lowest BCUT2D eigenvalue weighted by molar-refractivity contribution is -0.163. The Balaban J connectivity index is 2.62. The van der Waals surface area contributed by atoms with E-state index in [1.165, 1.54) is 6.92 Å². The van der Waals surface area contributed by atoms with Gasteiger partial charge < -0.3 is 15.3 Å². The number of urea groups is 1. The lowest BCUT2D eigenvalue weighted by Crippen LogP contribution is -2.53. The summed E-state index contributed by atoms with van der Waals surface area (Å²) in [6.45, 7) is 0.915. The maximum Gasteiger partial charge on any atom is 0.411 e. The Morgan fingerprint density at radius 2 is 1.94 bits per heavy atom. The summed E-state index contributed by atoms with van der Waals surface area (Å²) in [5.74, 6) is -1.26. The van der Waals surface area contributed by atoms with Gasteiger partial charge in [0.1, 0.15) is 12.1 Å². The second-order valence-corrected chi connectivity index (χ2v) is 3.92. The average Bonchev–Trinajstić information content (AvgIpc) is 2.93. The van der Waals surface area contributed by atoms with Crippen molar-refractivity contribution in [3.05, 3.63) is 0 Å². The first-order chi connectivity index (χ1) is 7.72. The molecule has 0 bridgehead atoms. The first kappa shape index (κ1) is 13.6. The van der Waals surface area contributed by atoms with E-state index in [4.69, 9.17) is 5.11 Å². The average molecular weight is 254 g/mol. The van der Waals surface area contributed by atoms with Crippen LogP contribution in [-0.4, -0.2) is 46.8 Å². The molecule has 1 aliphatic carbocycles. The van der Waals surface area contributed by atoms with Crippen LogP contribution in [0.25, 0.3) is 0 Å². The molecule has 0 radical (unpaired) electrons. The van der Waals surface area contributed by atoms with Crippen molar-refractivity contribution in [2.24, 2.45) is 0 Å². The van der Waals surface area contributed by atoms with Gasteiger partial charge in [-0.15, -0.1) is 0 Å². The van der Waals surface area contributed by atoms with Gasteiger partial charge in [-0.3, -0.25) is 4.79 Å². The van der Waals surface area contributed by atoms with Crippen LogP contribution in [0, 0.1) is 0 Å². The smallest absolute Gasteiger partial charge is 0.411 e. The molecule has 0 aromatic carbocycles. The molecule has 2 amide bonds. The summed E-state index contributed by atoms with van der Waals surface area (Å²) in [6.07, 6.45) is -4.81. The Bertz CT molecular complexity index is 326. The largest absolute Gasteiger partial charge is 0.480 e. The van der Waals surface area contributed by atoms with E-state index in [1.807, 2.05) is 5.32 Å². The van der Waals surface area contributed by atoms with Crippen LogP contribution in [0.3, 0.4) is 0 Å². The highest BCUT2D eigenvalue weighted by molar-refractivity contribution is 5.81. The molecule has 2 N–H and O–H groups in total. The van der Waals surface area contributed by atoms with Crippen molar-refractivity contribution in [1.29, 1.82) is 0 Å². The fourth-order valence-electron chi connectivity index (χ4n) is 1.38. The number of hydrogen-bond acceptors (Lipinski definition) is 2. The number of halogens is 3. The third-order valence-electron chi connectivity index (χ3n) is 2.63. The Morgan fingerprint density at radius 3 is 2.24 bits per heavy atom. The van der Waals surface area contributed by atoms with Gasteiger partial charge in [-0.25, -0.2) is 4.79 Å². The minimum absolute atomic E-state index is 0.0338. The highest BCUT2D eigenvalue weighted by atomic mass is 19.4. The Labute approximate surface area is 95.6 Å². The van der Waals surface area contributed by atoms with E-state index in [9.17, 15) is 22.8 Å². The molecular formula is C9H13F3N2O3. The van der Waals surface area contributed by atoms with Gasteiger partial charge >= 0.3 is 18.2 Å². The fraction of sp³-hybridized carbons (Fsp3) is 0.778. The molecule has 98 valence electrons. The molecule has 0 aliphatic heterocycles. The van der Waals surface area contributed by atoms with Crippen LogP contribution in [0.15, 0.2) is 0 Å². The summed E-state index contributed by atoms with van der Waals surface area (Å²) in [4.78, 5) is 22.7. The molecule has 0 aromatic rings. The van der Waals surface area contributed by atoms with Gasteiger partial charge in [0.25, 0.3) is 0 Å². The van der Waals surface area contributed by atoms with Gasteiger partial charge in [0.15, 0.2) is 0 Å². The van der Waals surface area contributed by atoms with E-state index in [0.717, 1.165) is 4.90 Å². The zero-order chi connectivity index (χ0) is 13.3. The lowest BCUT2D eigenvalue weighted by Gasteiger charge is -2.25. The lowest BCUT2D eigenvalue weighted by atomic mass is 10.2. The van der Waals surface area contributed by atoms with Gasteiger partial charge in [0, 0.05) is 6.54 Å². The molecule has 0 saturated heterocycles. The third kappa shape index (κ3) is 3.01. The first-order valence-corrected chi connectivity index (χ1v) is 5.07. The van der Waals surface area contributed by atoms with Gasteiger partial charge in [-0.2, -0.15) is 13.2 Å². The molecule has 0 unspecified atom stereocenters. The van der Waals surface area contributed by atoms with Crippen molar-refractivity contribution in [2.45, 2.75) is 31.5 Å². The predicted octanol–water partition coefficient (Wildman–Crippen LogP) is 1.20. The maximum atomic E-state index is 12.5. The van der Waals surface area contributed by atoms with Crippen molar-refractivity contribution in [3.63, 3.8) is 0 Å². The Morgan fingerprint density at radius 1 is 1.41 bits per heavy atom. The third-order valence-corrected chi connectivity index (χ3v) is 2.63. The molecule has 1 aliphatic rings. The van der Waals surface area contributed by atoms with Crippen LogP contribution in [0.4, 0.5) is 18.0 Å². The second kappa shape index (κ2) is 4.42. The quantitative estimate of drug-likeness (QED) is 0.792. The number of carboxylic acid groups (broad SMARTS) is 1. The second-order valence-electron chi connectivity index (χ2n) is 3.92. The number of amides is 2. The van der Waals surface area contributed by atoms with Crippen LogP contribution in [0.2, 0.25) is 0 Å². The number of nitrogens with one attached hydrogen (secondary N) is 1. The molecule has 1 saturated carbocycles. The Kier molecular flexibility index (Phi) is 3.53.